The molecule has 1 saturated heterocycles. The predicted octanol–water partition coefficient (Wildman–Crippen LogP) is 7.16. The molecule has 1 amide bonds. The van der Waals surface area contributed by atoms with Crippen LogP contribution in [0.25, 0.3) is 11.1 Å². The minimum atomic E-state index is -3.45. The molecule has 218 valence electrons. The molecule has 3 aromatic carbocycles. The molecule has 2 N–H and O–H groups in total. The Morgan fingerprint density at radius 3 is 2.20 bits per heavy atom. The zero-order valence-corrected chi connectivity index (χ0v) is 24.5. The summed E-state index contributed by atoms with van der Waals surface area (Å²) in [6.07, 6.45) is 6.25. The number of benzene rings is 3. The average molecular weight is 600 g/mol. The Bertz CT molecular complexity index is 1260. The first-order valence-corrected chi connectivity index (χ1v) is 15.5. The van der Waals surface area contributed by atoms with Crippen LogP contribution in [-0.2, 0) is 10.7 Å². The molecule has 1 atom stereocenters. The van der Waals surface area contributed by atoms with Gasteiger partial charge in [-0.25, -0.2) is 4.72 Å². The molecule has 1 unspecified atom stereocenters. The maximum atomic E-state index is 16.1. The third-order valence-corrected chi connectivity index (χ3v) is 8.93. The van der Waals surface area contributed by atoms with Crippen molar-refractivity contribution in [2.75, 3.05) is 32.8 Å². The third kappa shape index (κ3) is 7.80. The van der Waals surface area contributed by atoms with Gasteiger partial charge in [0.15, 0.2) is 6.04 Å². The van der Waals surface area contributed by atoms with E-state index in [-0.39, 0.29) is 5.56 Å². The highest BCUT2D eigenvalue weighted by Gasteiger charge is 2.47. The molecular formula is C32H36ClF2N3O2S. The van der Waals surface area contributed by atoms with Crippen molar-refractivity contribution in [3.05, 3.63) is 83.4 Å². The van der Waals surface area contributed by atoms with Gasteiger partial charge in [-0.3, -0.25) is 4.79 Å². The Labute approximate surface area is 250 Å². The fourth-order valence-electron chi connectivity index (χ4n) is 5.34. The number of ether oxygens (including phenoxy) is 1. The van der Waals surface area contributed by atoms with Crippen LogP contribution in [0.4, 0.5) is 8.78 Å². The zero-order valence-electron chi connectivity index (χ0n) is 23.0. The van der Waals surface area contributed by atoms with Crippen molar-refractivity contribution in [3.8, 4) is 16.9 Å². The molecule has 1 heterocycles. The number of amides is 1. The molecule has 1 aliphatic carbocycles. The van der Waals surface area contributed by atoms with Crippen molar-refractivity contribution in [1.29, 1.82) is 0 Å². The van der Waals surface area contributed by atoms with Gasteiger partial charge in [-0.2, -0.15) is 8.78 Å². The van der Waals surface area contributed by atoms with Crippen LogP contribution in [-0.4, -0.2) is 49.6 Å². The number of hydrogen-bond donors (Lipinski definition) is 2. The summed E-state index contributed by atoms with van der Waals surface area (Å²) in [6, 6.07) is 18.9. The summed E-state index contributed by atoms with van der Waals surface area (Å²) in [6.45, 7) is 2.64. The van der Waals surface area contributed by atoms with Crippen molar-refractivity contribution in [1.82, 2.24) is 14.9 Å². The van der Waals surface area contributed by atoms with Gasteiger partial charge in [-0.15, -0.1) is 0 Å². The lowest BCUT2D eigenvalue weighted by molar-refractivity contribution is -0.144. The van der Waals surface area contributed by atoms with E-state index in [9.17, 15) is 4.79 Å². The molecule has 0 radical (unpaired) electrons. The van der Waals surface area contributed by atoms with E-state index >= 15 is 8.78 Å². The second kappa shape index (κ2) is 14.0. The lowest BCUT2D eigenvalue weighted by atomic mass is 9.90. The Morgan fingerprint density at radius 1 is 0.951 bits per heavy atom. The van der Waals surface area contributed by atoms with Crippen LogP contribution in [0.5, 0.6) is 5.75 Å². The van der Waals surface area contributed by atoms with Crippen LogP contribution in [0.15, 0.2) is 77.7 Å². The number of carbonyl (C=O) groups is 1. The summed E-state index contributed by atoms with van der Waals surface area (Å²) in [7, 11) is 0. The summed E-state index contributed by atoms with van der Waals surface area (Å²) in [5.41, 5.74) is 1.44. The Kier molecular flexibility index (Phi) is 10.2. The maximum Gasteiger partial charge on any atom is 0.298 e. The molecule has 9 heteroatoms. The minimum absolute atomic E-state index is 0.219. The van der Waals surface area contributed by atoms with Crippen molar-refractivity contribution in [3.63, 3.8) is 0 Å². The molecule has 2 aliphatic rings. The van der Waals surface area contributed by atoms with Gasteiger partial charge in [-0.1, -0.05) is 67.3 Å². The molecule has 1 saturated carbocycles. The maximum absolute atomic E-state index is 16.1. The smallest absolute Gasteiger partial charge is 0.298 e. The van der Waals surface area contributed by atoms with E-state index in [1.54, 1.807) is 24.3 Å². The standard InChI is InChI=1S/C32H36ClF2N3O2S/c33-27-12-8-25(9-13-27)24-6-10-26(11-7-24)32(34,35)30(31(39)38-20-18-36-19-21-38)37-41-29-16-14-28(15-17-29)40-22-23-4-2-1-3-5-23/h6-17,23,30,36-37H,1-5,18-22H2. The molecular weight excluding hydrogens is 564 g/mol. The number of nitrogens with zero attached hydrogens (tertiary/aromatic N) is 1. The second-order valence-electron chi connectivity index (χ2n) is 10.7. The van der Waals surface area contributed by atoms with Crippen LogP contribution in [0.3, 0.4) is 0 Å². The van der Waals surface area contributed by atoms with Crippen molar-refractivity contribution < 1.29 is 18.3 Å². The Hall–Kier alpha value is -2.65. The largest absolute Gasteiger partial charge is 0.493 e. The normalized spacial score (nSPS) is 17.3. The van der Waals surface area contributed by atoms with E-state index in [1.165, 1.54) is 49.1 Å². The quantitative estimate of drug-likeness (QED) is 0.242. The van der Waals surface area contributed by atoms with Crippen LogP contribution in [0.1, 0.15) is 37.7 Å². The van der Waals surface area contributed by atoms with Crippen LogP contribution in [0, 0.1) is 5.92 Å². The van der Waals surface area contributed by atoms with Crippen LogP contribution < -0.4 is 14.8 Å². The molecule has 1 aliphatic heterocycles. The van der Waals surface area contributed by atoms with E-state index in [4.69, 9.17) is 16.3 Å². The van der Waals surface area contributed by atoms with E-state index in [2.05, 4.69) is 10.0 Å². The molecule has 5 rings (SSSR count). The lowest BCUT2D eigenvalue weighted by Gasteiger charge is -2.34. The van der Waals surface area contributed by atoms with Gasteiger partial charge in [0.25, 0.3) is 5.92 Å². The number of alkyl halides is 2. The van der Waals surface area contributed by atoms with E-state index < -0.39 is 17.9 Å². The lowest BCUT2D eigenvalue weighted by Crippen LogP contribution is -2.56. The third-order valence-electron chi connectivity index (χ3n) is 7.81. The molecule has 0 spiro atoms. The molecule has 41 heavy (non-hydrogen) atoms. The number of rotatable bonds is 10. The highest BCUT2D eigenvalue weighted by Crippen LogP contribution is 2.36. The molecule has 0 aromatic heterocycles. The van der Waals surface area contributed by atoms with E-state index in [0.29, 0.717) is 43.7 Å². The summed E-state index contributed by atoms with van der Waals surface area (Å²) >= 11 is 7.02. The van der Waals surface area contributed by atoms with Crippen LogP contribution in [0.2, 0.25) is 5.02 Å². The highest BCUT2D eigenvalue weighted by atomic mass is 35.5. The van der Waals surface area contributed by atoms with Crippen molar-refractivity contribution in [2.45, 2.75) is 49.0 Å². The van der Waals surface area contributed by atoms with Gasteiger partial charge in [0.1, 0.15) is 5.75 Å². The number of nitrogens with one attached hydrogen (secondary N) is 2. The predicted molar refractivity (Wildman–Crippen MR) is 162 cm³/mol. The number of hydrogen-bond acceptors (Lipinski definition) is 5. The first kappa shape index (κ1) is 29.8. The molecule has 0 bridgehead atoms. The zero-order chi connectivity index (χ0) is 28.7. The molecule has 5 nitrogen and oxygen atoms in total. The summed E-state index contributed by atoms with van der Waals surface area (Å²) < 4.78 is 41.0. The van der Waals surface area contributed by atoms with Gasteiger partial charge in [-0.05, 0) is 78.2 Å². The fourth-order valence-corrected chi connectivity index (χ4v) is 6.24. The van der Waals surface area contributed by atoms with Gasteiger partial charge in [0.05, 0.1) is 6.61 Å². The number of piperazine rings is 1. The van der Waals surface area contributed by atoms with Crippen LogP contribution >= 0.6 is 23.5 Å². The van der Waals surface area contributed by atoms with E-state index in [0.717, 1.165) is 33.7 Å². The summed E-state index contributed by atoms with van der Waals surface area (Å²) in [4.78, 5) is 15.7. The van der Waals surface area contributed by atoms with Gasteiger partial charge < -0.3 is 15.0 Å². The Balaban J connectivity index is 1.28. The first-order chi connectivity index (χ1) is 19.9. The minimum Gasteiger partial charge on any atom is -0.493 e. The highest BCUT2D eigenvalue weighted by molar-refractivity contribution is 7.97. The fraction of sp³-hybridized carbons (Fsp3) is 0.406. The van der Waals surface area contributed by atoms with Gasteiger partial charge >= 0.3 is 0 Å². The van der Waals surface area contributed by atoms with Crippen molar-refractivity contribution in [2.24, 2.45) is 5.92 Å². The van der Waals surface area contributed by atoms with E-state index in [1.807, 2.05) is 36.4 Å². The average Bonchev–Trinajstić information content (AvgIpc) is 3.02. The Morgan fingerprint density at radius 2 is 1.56 bits per heavy atom. The molecule has 3 aromatic rings. The topological polar surface area (TPSA) is 53.6 Å². The summed E-state index contributed by atoms with van der Waals surface area (Å²) in [5, 5.41) is 3.78. The monoisotopic (exact) mass is 599 g/mol. The summed E-state index contributed by atoms with van der Waals surface area (Å²) in [5.74, 6) is -2.70. The van der Waals surface area contributed by atoms with Gasteiger partial charge in [0, 0.05) is 41.7 Å². The molecule has 2 fully saturated rings. The number of halogens is 3. The number of carbonyl (C=O) groups excluding carboxylic acids is 1. The van der Waals surface area contributed by atoms with Gasteiger partial charge in [0.2, 0.25) is 5.91 Å². The first-order valence-electron chi connectivity index (χ1n) is 14.3. The SMILES string of the molecule is O=C(C(NSc1ccc(OCC2CCCCC2)cc1)C(F)(F)c1ccc(-c2ccc(Cl)cc2)cc1)N1CCNCC1. The van der Waals surface area contributed by atoms with Crippen molar-refractivity contribution >= 4 is 29.5 Å². The second-order valence-corrected chi connectivity index (χ2v) is 12.1.